The van der Waals surface area contributed by atoms with Crippen LogP contribution < -0.4 is 0 Å². The Balaban J connectivity index is 2.10. The lowest BCUT2D eigenvalue weighted by atomic mass is 10.0. The van der Waals surface area contributed by atoms with Gasteiger partial charge in [-0.1, -0.05) is 49.4 Å². The molecule has 2 aromatic rings. The second-order valence-corrected chi connectivity index (χ2v) is 8.55. The van der Waals surface area contributed by atoms with Gasteiger partial charge in [0.15, 0.2) is 9.84 Å². The summed E-state index contributed by atoms with van der Waals surface area (Å²) in [6.07, 6.45) is 0.216. The van der Waals surface area contributed by atoms with Gasteiger partial charge in [0.25, 0.3) is 0 Å². The number of carbonyl (C=O) groups is 2. The van der Waals surface area contributed by atoms with Crippen molar-refractivity contribution in [3.05, 3.63) is 65.7 Å². The van der Waals surface area contributed by atoms with Crippen molar-refractivity contribution in [2.75, 3.05) is 12.8 Å². The topological polar surface area (TPSA) is 91.8 Å². The highest BCUT2D eigenvalue weighted by atomic mass is 32.2. The number of nitrogens with zero attached hydrogens (tertiary/aromatic N) is 1. The largest absolute Gasteiger partial charge is 0.480 e. The SMILES string of the molecule is CCS(=O)(=O)c1ccc(CC(=O)N(C)C(Cc2ccccc2)C(=O)O)cc1. The lowest BCUT2D eigenvalue weighted by Crippen LogP contribution is -2.44. The number of carboxylic acid groups (broad SMARTS) is 1. The van der Waals surface area contributed by atoms with E-state index >= 15 is 0 Å². The molecule has 0 fully saturated rings. The van der Waals surface area contributed by atoms with E-state index in [1.54, 1.807) is 19.1 Å². The third-order valence-electron chi connectivity index (χ3n) is 4.44. The van der Waals surface area contributed by atoms with Crippen LogP contribution in [0.5, 0.6) is 0 Å². The van der Waals surface area contributed by atoms with E-state index in [0.717, 1.165) is 5.56 Å². The van der Waals surface area contributed by atoms with E-state index in [1.165, 1.54) is 24.1 Å². The number of likely N-dealkylation sites (N-methyl/N-ethyl adjacent to an activating group) is 1. The number of hydrogen-bond donors (Lipinski definition) is 1. The van der Waals surface area contributed by atoms with Crippen molar-refractivity contribution >= 4 is 21.7 Å². The monoisotopic (exact) mass is 389 g/mol. The Morgan fingerprint density at radius 2 is 1.59 bits per heavy atom. The molecular formula is C20H23NO5S. The maximum absolute atomic E-state index is 12.5. The fraction of sp³-hybridized carbons (Fsp3) is 0.300. The molecule has 0 saturated carbocycles. The molecular weight excluding hydrogens is 366 g/mol. The first-order valence-corrected chi connectivity index (χ1v) is 10.2. The first-order chi connectivity index (χ1) is 12.7. The molecule has 2 aromatic carbocycles. The smallest absolute Gasteiger partial charge is 0.326 e. The summed E-state index contributed by atoms with van der Waals surface area (Å²) < 4.78 is 23.7. The number of benzene rings is 2. The van der Waals surface area contributed by atoms with Gasteiger partial charge in [0.2, 0.25) is 5.91 Å². The number of rotatable bonds is 8. The van der Waals surface area contributed by atoms with Crippen molar-refractivity contribution in [2.45, 2.75) is 30.7 Å². The molecule has 0 bridgehead atoms. The molecule has 0 saturated heterocycles. The lowest BCUT2D eigenvalue weighted by Gasteiger charge is -2.25. The fourth-order valence-corrected chi connectivity index (χ4v) is 3.57. The molecule has 144 valence electrons. The fourth-order valence-electron chi connectivity index (χ4n) is 2.68. The maximum atomic E-state index is 12.5. The zero-order valence-corrected chi connectivity index (χ0v) is 16.1. The molecule has 6 nitrogen and oxygen atoms in total. The van der Waals surface area contributed by atoms with Gasteiger partial charge in [-0.15, -0.1) is 0 Å². The molecule has 0 aliphatic rings. The molecule has 0 radical (unpaired) electrons. The molecule has 1 N–H and O–H groups in total. The third-order valence-corrected chi connectivity index (χ3v) is 6.19. The molecule has 7 heteroatoms. The lowest BCUT2D eigenvalue weighted by molar-refractivity contribution is -0.148. The van der Waals surface area contributed by atoms with E-state index in [0.29, 0.717) is 5.56 Å². The Bertz CT molecular complexity index is 892. The summed E-state index contributed by atoms with van der Waals surface area (Å²) in [5.41, 5.74) is 1.46. The van der Waals surface area contributed by atoms with Crippen molar-refractivity contribution in [1.29, 1.82) is 0 Å². The van der Waals surface area contributed by atoms with Gasteiger partial charge >= 0.3 is 5.97 Å². The minimum atomic E-state index is -3.29. The highest BCUT2D eigenvalue weighted by Gasteiger charge is 2.26. The van der Waals surface area contributed by atoms with Gasteiger partial charge in [0.05, 0.1) is 17.1 Å². The molecule has 1 unspecified atom stereocenters. The quantitative estimate of drug-likeness (QED) is 0.747. The van der Waals surface area contributed by atoms with Crippen LogP contribution in [-0.4, -0.2) is 49.1 Å². The van der Waals surface area contributed by atoms with Crippen molar-refractivity contribution in [3.8, 4) is 0 Å². The number of carbonyl (C=O) groups excluding carboxylic acids is 1. The van der Waals surface area contributed by atoms with Gasteiger partial charge < -0.3 is 10.0 Å². The maximum Gasteiger partial charge on any atom is 0.326 e. The number of sulfone groups is 1. The Hall–Kier alpha value is -2.67. The van der Waals surface area contributed by atoms with E-state index in [9.17, 15) is 23.1 Å². The molecule has 1 atom stereocenters. The van der Waals surface area contributed by atoms with Gasteiger partial charge in [0.1, 0.15) is 6.04 Å². The van der Waals surface area contributed by atoms with Crippen LogP contribution in [-0.2, 0) is 32.3 Å². The number of hydrogen-bond acceptors (Lipinski definition) is 4. The first-order valence-electron chi connectivity index (χ1n) is 8.58. The summed E-state index contributed by atoms with van der Waals surface area (Å²) in [6, 6.07) is 14.3. The van der Waals surface area contributed by atoms with E-state index in [-0.39, 0.29) is 29.4 Å². The first kappa shape index (κ1) is 20.6. The average Bonchev–Trinajstić information content (AvgIpc) is 2.66. The Morgan fingerprint density at radius 3 is 2.11 bits per heavy atom. The predicted octanol–water partition coefficient (Wildman–Crippen LogP) is 2.18. The van der Waals surface area contributed by atoms with E-state index in [1.807, 2.05) is 30.3 Å². The molecule has 0 spiro atoms. The Kier molecular flexibility index (Phi) is 6.74. The highest BCUT2D eigenvalue weighted by molar-refractivity contribution is 7.91. The van der Waals surface area contributed by atoms with Gasteiger partial charge in [-0.05, 0) is 23.3 Å². The van der Waals surface area contributed by atoms with Gasteiger partial charge in [-0.2, -0.15) is 0 Å². The summed E-state index contributed by atoms with van der Waals surface area (Å²) in [7, 11) is -1.82. The molecule has 0 heterocycles. The Morgan fingerprint density at radius 1 is 1.00 bits per heavy atom. The van der Waals surface area contributed by atoms with E-state index in [2.05, 4.69) is 0 Å². The second kappa shape index (κ2) is 8.81. The van der Waals surface area contributed by atoms with Crippen LogP contribution in [0.4, 0.5) is 0 Å². The van der Waals surface area contributed by atoms with Crippen LogP contribution in [0.2, 0.25) is 0 Å². The summed E-state index contributed by atoms with van der Waals surface area (Å²) in [4.78, 5) is 25.6. The average molecular weight is 389 g/mol. The van der Waals surface area contributed by atoms with Crippen molar-refractivity contribution in [2.24, 2.45) is 0 Å². The van der Waals surface area contributed by atoms with Crippen LogP contribution >= 0.6 is 0 Å². The zero-order chi connectivity index (χ0) is 20.0. The number of carboxylic acids is 1. The van der Waals surface area contributed by atoms with Gasteiger partial charge in [-0.25, -0.2) is 13.2 Å². The van der Waals surface area contributed by atoms with Crippen LogP contribution in [0.25, 0.3) is 0 Å². The van der Waals surface area contributed by atoms with Crippen LogP contribution in [0.1, 0.15) is 18.1 Å². The van der Waals surface area contributed by atoms with Crippen molar-refractivity contribution < 1.29 is 23.1 Å². The minimum Gasteiger partial charge on any atom is -0.480 e. The van der Waals surface area contributed by atoms with Crippen LogP contribution in [0.3, 0.4) is 0 Å². The highest BCUT2D eigenvalue weighted by Crippen LogP contribution is 2.15. The molecule has 0 aromatic heterocycles. The molecule has 2 rings (SSSR count). The minimum absolute atomic E-state index is 0.00151. The number of aliphatic carboxylic acids is 1. The molecule has 1 amide bonds. The van der Waals surface area contributed by atoms with Gasteiger partial charge in [0, 0.05) is 13.5 Å². The summed E-state index contributed by atoms with van der Waals surface area (Å²) in [5, 5.41) is 9.51. The van der Waals surface area contributed by atoms with Crippen LogP contribution in [0.15, 0.2) is 59.5 Å². The summed E-state index contributed by atoms with van der Waals surface area (Å²) in [5.74, 6) is -1.41. The molecule has 0 aliphatic heterocycles. The predicted molar refractivity (Wildman–Crippen MR) is 102 cm³/mol. The van der Waals surface area contributed by atoms with E-state index < -0.39 is 21.8 Å². The standard InChI is InChI=1S/C20H23NO5S/c1-3-27(25,26)17-11-9-16(10-12-17)14-19(22)21(2)18(20(23)24)13-15-7-5-4-6-8-15/h4-12,18H,3,13-14H2,1-2H3,(H,23,24). The molecule has 27 heavy (non-hydrogen) atoms. The van der Waals surface area contributed by atoms with E-state index in [4.69, 9.17) is 0 Å². The van der Waals surface area contributed by atoms with Crippen molar-refractivity contribution in [3.63, 3.8) is 0 Å². The van der Waals surface area contributed by atoms with Crippen LogP contribution in [0, 0.1) is 0 Å². The van der Waals surface area contributed by atoms with Crippen molar-refractivity contribution in [1.82, 2.24) is 4.90 Å². The summed E-state index contributed by atoms with van der Waals surface area (Å²) >= 11 is 0. The van der Waals surface area contributed by atoms with Gasteiger partial charge in [-0.3, -0.25) is 4.79 Å². The zero-order valence-electron chi connectivity index (χ0n) is 15.3. The number of amides is 1. The third kappa shape index (κ3) is 5.40. The normalized spacial score (nSPS) is 12.4. The Labute approximate surface area is 159 Å². The molecule has 0 aliphatic carbocycles. The second-order valence-electron chi connectivity index (χ2n) is 6.27. The summed E-state index contributed by atoms with van der Waals surface area (Å²) in [6.45, 7) is 1.57.